The van der Waals surface area contributed by atoms with E-state index in [0.717, 1.165) is 36.4 Å². The van der Waals surface area contributed by atoms with E-state index in [2.05, 4.69) is 19.8 Å². The number of benzene rings is 1. The number of rotatable bonds is 2. The van der Waals surface area contributed by atoms with Crippen molar-refractivity contribution in [3.05, 3.63) is 24.5 Å². The van der Waals surface area contributed by atoms with Crippen molar-refractivity contribution in [1.82, 2.24) is 14.9 Å². The van der Waals surface area contributed by atoms with Crippen molar-refractivity contribution in [2.24, 2.45) is 0 Å². The lowest BCUT2D eigenvalue weighted by Crippen LogP contribution is -2.55. The Balaban J connectivity index is 1.73. The van der Waals surface area contributed by atoms with Gasteiger partial charge in [0.2, 0.25) is 0 Å². The molecule has 1 aromatic heterocycles. The van der Waals surface area contributed by atoms with Gasteiger partial charge in [0.15, 0.2) is 9.84 Å². The van der Waals surface area contributed by atoms with Crippen molar-refractivity contribution in [2.75, 3.05) is 37.3 Å². The molecule has 2 aromatic rings. The summed E-state index contributed by atoms with van der Waals surface area (Å²) in [5.41, 5.74) is 0.790. The van der Waals surface area contributed by atoms with E-state index in [1.807, 2.05) is 0 Å². The van der Waals surface area contributed by atoms with Crippen LogP contribution in [-0.2, 0) is 9.84 Å². The highest BCUT2D eigenvalue weighted by molar-refractivity contribution is 7.90. The standard InChI is InChI=1S/C17H22N4O2S/c1-24(22,23)14-5-6-16-15(10-14)17(19-12-18-16)21-9-8-20-7-3-2-4-13(20)11-21/h5-6,10,12-13H,2-4,7-9,11H2,1H3. The molecule has 2 aliphatic heterocycles. The van der Waals surface area contributed by atoms with Crippen LogP contribution in [0.2, 0.25) is 0 Å². The fourth-order valence-electron chi connectivity index (χ4n) is 3.85. The molecule has 2 fully saturated rings. The summed E-state index contributed by atoms with van der Waals surface area (Å²) in [6.45, 7) is 4.12. The first-order valence-corrected chi connectivity index (χ1v) is 10.4. The van der Waals surface area contributed by atoms with Crippen LogP contribution >= 0.6 is 0 Å². The molecule has 7 heteroatoms. The number of piperazine rings is 1. The summed E-state index contributed by atoms with van der Waals surface area (Å²) in [5.74, 6) is 0.857. The predicted molar refractivity (Wildman–Crippen MR) is 94.1 cm³/mol. The molecular formula is C17H22N4O2S. The van der Waals surface area contributed by atoms with Gasteiger partial charge in [-0.1, -0.05) is 6.42 Å². The van der Waals surface area contributed by atoms with Gasteiger partial charge in [0.1, 0.15) is 12.1 Å². The Hall–Kier alpha value is -1.73. The fourth-order valence-corrected chi connectivity index (χ4v) is 4.50. The third kappa shape index (κ3) is 2.86. The molecule has 1 aromatic carbocycles. The maximum absolute atomic E-state index is 11.9. The molecule has 0 saturated carbocycles. The first-order valence-electron chi connectivity index (χ1n) is 8.46. The van der Waals surface area contributed by atoms with Gasteiger partial charge < -0.3 is 4.90 Å². The normalized spacial score (nSPS) is 22.5. The summed E-state index contributed by atoms with van der Waals surface area (Å²) in [4.78, 5) is 14.0. The van der Waals surface area contributed by atoms with E-state index in [9.17, 15) is 8.42 Å². The molecule has 1 unspecified atom stereocenters. The zero-order valence-corrected chi connectivity index (χ0v) is 14.7. The van der Waals surface area contributed by atoms with E-state index in [-0.39, 0.29) is 0 Å². The van der Waals surface area contributed by atoms with Crippen LogP contribution in [-0.4, -0.2) is 61.8 Å². The Bertz CT molecular complexity index is 868. The van der Waals surface area contributed by atoms with E-state index in [1.54, 1.807) is 24.5 Å². The Morgan fingerprint density at radius 2 is 2.00 bits per heavy atom. The molecule has 4 rings (SSSR count). The van der Waals surface area contributed by atoms with E-state index >= 15 is 0 Å². The van der Waals surface area contributed by atoms with Crippen LogP contribution in [0.4, 0.5) is 5.82 Å². The zero-order chi connectivity index (χ0) is 16.7. The molecule has 0 bridgehead atoms. The third-order valence-electron chi connectivity index (χ3n) is 5.15. The fraction of sp³-hybridized carbons (Fsp3) is 0.529. The minimum absolute atomic E-state index is 0.322. The van der Waals surface area contributed by atoms with Gasteiger partial charge in [-0.2, -0.15) is 0 Å². The second kappa shape index (κ2) is 5.97. The molecule has 2 saturated heterocycles. The molecule has 0 spiro atoms. The van der Waals surface area contributed by atoms with Gasteiger partial charge in [-0.25, -0.2) is 18.4 Å². The van der Waals surface area contributed by atoms with Crippen molar-refractivity contribution in [2.45, 2.75) is 30.2 Å². The summed E-state index contributed by atoms with van der Waals surface area (Å²) in [7, 11) is -3.24. The van der Waals surface area contributed by atoms with Gasteiger partial charge in [0.05, 0.1) is 10.4 Å². The average molecular weight is 346 g/mol. The number of fused-ring (bicyclic) bond motifs is 2. The van der Waals surface area contributed by atoms with E-state index in [1.165, 1.54) is 32.1 Å². The maximum atomic E-state index is 11.9. The van der Waals surface area contributed by atoms with E-state index < -0.39 is 9.84 Å². The maximum Gasteiger partial charge on any atom is 0.175 e. The molecule has 1 atom stereocenters. The topological polar surface area (TPSA) is 66.4 Å². The van der Waals surface area contributed by atoms with Gasteiger partial charge in [-0.15, -0.1) is 0 Å². The SMILES string of the molecule is CS(=O)(=O)c1ccc2ncnc(N3CCN4CCCCC4C3)c2c1. The zero-order valence-electron chi connectivity index (χ0n) is 13.9. The molecule has 3 heterocycles. The number of hydrogen-bond donors (Lipinski definition) is 0. The van der Waals surface area contributed by atoms with Crippen LogP contribution in [0.15, 0.2) is 29.4 Å². The first kappa shape index (κ1) is 15.8. The summed E-state index contributed by atoms with van der Waals surface area (Å²) >= 11 is 0. The van der Waals surface area contributed by atoms with E-state index in [4.69, 9.17) is 0 Å². The number of nitrogens with zero attached hydrogens (tertiary/aromatic N) is 4. The Kier molecular flexibility index (Phi) is 3.92. The predicted octanol–water partition coefficient (Wildman–Crippen LogP) is 1.71. The van der Waals surface area contributed by atoms with Gasteiger partial charge >= 0.3 is 0 Å². The lowest BCUT2D eigenvalue weighted by Gasteiger charge is -2.44. The van der Waals surface area contributed by atoms with Gasteiger partial charge in [0, 0.05) is 37.3 Å². The van der Waals surface area contributed by atoms with Gasteiger partial charge in [-0.05, 0) is 37.6 Å². The number of piperidine rings is 1. The number of hydrogen-bond acceptors (Lipinski definition) is 6. The quantitative estimate of drug-likeness (QED) is 0.825. The molecule has 0 amide bonds. The second-order valence-electron chi connectivity index (χ2n) is 6.78. The Morgan fingerprint density at radius 3 is 2.83 bits per heavy atom. The summed E-state index contributed by atoms with van der Waals surface area (Å²) in [6.07, 6.45) is 6.62. The summed E-state index contributed by atoms with van der Waals surface area (Å²) in [5, 5.41) is 0.824. The molecule has 0 aliphatic carbocycles. The Labute approximate surface area is 142 Å². The van der Waals surface area contributed by atoms with Crippen LogP contribution in [0.1, 0.15) is 19.3 Å². The van der Waals surface area contributed by atoms with Crippen LogP contribution in [0.3, 0.4) is 0 Å². The highest BCUT2D eigenvalue weighted by atomic mass is 32.2. The lowest BCUT2D eigenvalue weighted by atomic mass is 9.99. The summed E-state index contributed by atoms with van der Waals surface area (Å²) < 4.78 is 23.8. The molecule has 24 heavy (non-hydrogen) atoms. The van der Waals surface area contributed by atoms with Crippen molar-refractivity contribution in [3.63, 3.8) is 0 Å². The van der Waals surface area contributed by atoms with Crippen LogP contribution in [0.25, 0.3) is 10.9 Å². The number of sulfone groups is 1. The van der Waals surface area contributed by atoms with Crippen molar-refractivity contribution < 1.29 is 8.42 Å². The molecule has 0 N–H and O–H groups in total. The lowest BCUT2D eigenvalue weighted by molar-refractivity contribution is 0.133. The third-order valence-corrected chi connectivity index (χ3v) is 6.26. The Morgan fingerprint density at radius 1 is 1.12 bits per heavy atom. The minimum atomic E-state index is -3.24. The number of aromatic nitrogens is 2. The van der Waals surface area contributed by atoms with Crippen LogP contribution < -0.4 is 4.90 Å². The average Bonchev–Trinajstić information content (AvgIpc) is 2.59. The molecule has 2 aliphatic rings. The summed E-state index contributed by atoms with van der Waals surface area (Å²) in [6, 6.07) is 5.68. The number of anilines is 1. The van der Waals surface area contributed by atoms with Gasteiger partial charge in [0.25, 0.3) is 0 Å². The monoisotopic (exact) mass is 346 g/mol. The second-order valence-corrected chi connectivity index (χ2v) is 8.80. The van der Waals surface area contributed by atoms with Crippen LogP contribution in [0, 0.1) is 0 Å². The molecule has 128 valence electrons. The van der Waals surface area contributed by atoms with Crippen LogP contribution in [0.5, 0.6) is 0 Å². The van der Waals surface area contributed by atoms with Crippen molar-refractivity contribution in [1.29, 1.82) is 0 Å². The van der Waals surface area contributed by atoms with Crippen molar-refractivity contribution in [3.8, 4) is 0 Å². The first-order chi connectivity index (χ1) is 11.5. The smallest absolute Gasteiger partial charge is 0.175 e. The minimum Gasteiger partial charge on any atom is -0.353 e. The highest BCUT2D eigenvalue weighted by Crippen LogP contribution is 2.29. The molecule has 6 nitrogen and oxygen atoms in total. The highest BCUT2D eigenvalue weighted by Gasteiger charge is 2.30. The molecular weight excluding hydrogens is 324 g/mol. The van der Waals surface area contributed by atoms with Gasteiger partial charge in [-0.3, -0.25) is 4.90 Å². The van der Waals surface area contributed by atoms with Crippen molar-refractivity contribution >= 4 is 26.6 Å². The molecule has 0 radical (unpaired) electrons. The van der Waals surface area contributed by atoms with E-state index in [0.29, 0.717) is 10.9 Å². The largest absolute Gasteiger partial charge is 0.353 e.